The topological polar surface area (TPSA) is 0 Å². The molecule has 0 atom stereocenters. The van der Waals surface area contributed by atoms with Crippen molar-refractivity contribution in [3.05, 3.63) is 39.1 Å². The maximum atomic E-state index is 5.88. The van der Waals surface area contributed by atoms with Crippen molar-refractivity contribution in [1.82, 2.24) is 0 Å². The van der Waals surface area contributed by atoms with E-state index in [9.17, 15) is 0 Å². The maximum absolute atomic E-state index is 5.88. The highest BCUT2D eigenvalue weighted by atomic mass is 79.9. The molecule has 0 aliphatic heterocycles. The summed E-state index contributed by atoms with van der Waals surface area (Å²) >= 11 is 15.0. The van der Waals surface area contributed by atoms with Crippen LogP contribution in [0.4, 0.5) is 0 Å². The third-order valence-corrected chi connectivity index (χ3v) is 2.62. The molecule has 11 heavy (non-hydrogen) atoms. The van der Waals surface area contributed by atoms with Crippen LogP contribution >= 0.6 is 39.1 Å². The van der Waals surface area contributed by atoms with Crippen LogP contribution in [-0.2, 0) is 6.42 Å². The molecule has 0 saturated carbocycles. The molecule has 0 fully saturated rings. The minimum atomic E-state index is 0.638. The van der Waals surface area contributed by atoms with E-state index in [1.165, 1.54) is 0 Å². The predicted octanol–water partition coefficient (Wildman–Crippen LogP) is 4.13. The van der Waals surface area contributed by atoms with Crippen LogP contribution in [0, 0.1) is 6.92 Å². The molecule has 0 spiro atoms. The largest absolute Gasteiger partial charge is 0.0842 e. The van der Waals surface area contributed by atoms with Crippen molar-refractivity contribution in [3.8, 4) is 0 Å². The molecule has 3 heteroatoms. The predicted molar refractivity (Wildman–Crippen MR) is 53.2 cm³/mol. The van der Waals surface area contributed by atoms with E-state index < -0.39 is 0 Å². The molecule has 1 aromatic carbocycles. The van der Waals surface area contributed by atoms with E-state index in [0.717, 1.165) is 10.0 Å². The summed E-state index contributed by atoms with van der Waals surface area (Å²) in [6.07, 6.45) is 0.663. The Balaban J connectivity index is 3.25. The van der Waals surface area contributed by atoms with Gasteiger partial charge in [-0.25, -0.2) is 0 Å². The van der Waals surface area contributed by atoms with E-state index in [1.807, 2.05) is 6.07 Å². The van der Waals surface area contributed by atoms with Crippen molar-refractivity contribution >= 4 is 39.1 Å². The molecule has 0 nitrogen and oxygen atoms in total. The molecule has 0 aliphatic rings. The zero-order chi connectivity index (χ0) is 8.43. The summed E-state index contributed by atoms with van der Waals surface area (Å²) in [6, 6.07) is 3.53. The average Bonchev–Trinajstić information content (AvgIpc) is 1.85. The van der Waals surface area contributed by atoms with E-state index in [0.29, 0.717) is 16.5 Å². The summed E-state index contributed by atoms with van der Waals surface area (Å²) in [6.45, 7) is 3.75. The molecule has 0 aliphatic carbocycles. The van der Waals surface area contributed by atoms with Crippen molar-refractivity contribution in [2.45, 2.75) is 6.42 Å². The second kappa shape index (κ2) is 3.79. The molecule has 0 N–H and O–H groups in total. The molecule has 1 aromatic rings. The van der Waals surface area contributed by atoms with E-state index in [-0.39, 0.29) is 0 Å². The number of rotatable bonds is 1. The number of hydrogen-bond donors (Lipinski definition) is 0. The normalized spacial score (nSPS) is 10.2. The summed E-state index contributed by atoms with van der Waals surface area (Å²) < 4.78 is 0.921. The second-order valence-corrected chi connectivity index (χ2v) is 3.80. The van der Waals surface area contributed by atoms with Crippen LogP contribution in [0.25, 0.3) is 0 Å². The SMILES string of the molecule is [CH2]Cc1c(Cl)cc(Cl)cc1Br. The van der Waals surface area contributed by atoms with Gasteiger partial charge in [0.05, 0.1) is 0 Å². The molecular weight excluding hydrogens is 247 g/mol. The number of hydrogen-bond acceptors (Lipinski definition) is 0. The summed E-state index contributed by atoms with van der Waals surface area (Å²) in [5.41, 5.74) is 0.996. The smallest absolute Gasteiger partial charge is 0.0464 e. The van der Waals surface area contributed by atoms with Crippen molar-refractivity contribution in [2.75, 3.05) is 0 Å². The van der Waals surface area contributed by atoms with Gasteiger partial charge in [0.25, 0.3) is 0 Å². The second-order valence-electron chi connectivity index (χ2n) is 2.10. The van der Waals surface area contributed by atoms with Crippen molar-refractivity contribution in [1.29, 1.82) is 0 Å². The molecule has 0 unspecified atom stereocenters. The zero-order valence-electron chi connectivity index (χ0n) is 5.70. The van der Waals surface area contributed by atoms with Gasteiger partial charge in [-0.3, -0.25) is 0 Å². The highest BCUT2D eigenvalue weighted by molar-refractivity contribution is 9.10. The average molecular weight is 253 g/mol. The minimum absolute atomic E-state index is 0.638. The summed E-state index contributed by atoms with van der Waals surface area (Å²) in [5, 5.41) is 1.30. The first kappa shape index (κ1) is 9.37. The Kier molecular flexibility index (Phi) is 3.23. The highest BCUT2D eigenvalue weighted by Crippen LogP contribution is 2.29. The Bertz CT molecular complexity index is 248. The van der Waals surface area contributed by atoms with Crippen molar-refractivity contribution in [2.24, 2.45) is 0 Å². The Labute approximate surface area is 84.6 Å². The fourth-order valence-corrected chi connectivity index (χ4v) is 2.30. The molecule has 0 saturated heterocycles. The Morgan fingerprint density at radius 3 is 2.45 bits per heavy atom. The lowest BCUT2D eigenvalue weighted by Crippen LogP contribution is -1.84. The van der Waals surface area contributed by atoms with Crippen molar-refractivity contribution < 1.29 is 0 Å². The van der Waals surface area contributed by atoms with Gasteiger partial charge in [0.15, 0.2) is 0 Å². The standard InChI is InChI=1S/C8H6BrCl2/c1-2-6-7(9)3-5(10)4-8(6)11/h3-4H,1-2H2. The molecule has 1 rings (SSSR count). The lowest BCUT2D eigenvalue weighted by Gasteiger charge is -2.03. The molecule has 0 amide bonds. The van der Waals surface area contributed by atoms with Crippen LogP contribution < -0.4 is 0 Å². The first-order chi connectivity index (χ1) is 5.15. The summed E-state index contributed by atoms with van der Waals surface area (Å²) in [5.74, 6) is 0. The van der Waals surface area contributed by atoms with Gasteiger partial charge in [-0.1, -0.05) is 39.1 Å². The number of halogens is 3. The summed E-state index contributed by atoms with van der Waals surface area (Å²) in [7, 11) is 0. The Morgan fingerprint density at radius 2 is 2.00 bits per heavy atom. The molecule has 0 aromatic heterocycles. The Hall–Kier alpha value is 0.280. The third kappa shape index (κ3) is 2.11. The van der Waals surface area contributed by atoms with Crippen LogP contribution in [0.3, 0.4) is 0 Å². The van der Waals surface area contributed by atoms with E-state index in [1.54, 1.807) is 6.07 Å². The molecule has 0 bridgehead atoms. The fourth-order valence-electron chi connectivity index (χ4n) is 0.811. The van der Waals surface area contributed by atoms with Gasteiger partial charge in [-0.2, -0.15) is 0 Å². The lowest BCUT2D eigenvalue weighted by molar-refractivity contribution is 1.25. The van der Waals surface area contributed by atoms with E-state index in [2.05, 4.69) is 22.9 Å². The Morgan fingerprint density at radius 1 is 1.36 bits per heavy atom. The monoisotopic (exact) mass is 251 g/mol. The minimum Gasteiger partial charge on any atom is -0.0842 e. The molecule has 0 heterocycles. The van der Waals surface area contributed by atoms with E-state index in [4.69, 9.17) is 23.2 Å². The van der Waals surface area contributed by atoms with Crippen LogP contribution in [0.5, 0.6) is 0 Å². The molecule has 1 radical (unpaired) electrons. The quantitative estimate of drug-likeness (QED) is 0.705. The van der Waals surface area contributed by atoms with Gasteiger partial charge in [0.2, 0.25) is 0 Å². The van der Waals surface area contributed by atoms with Gasteiger partial charge in [0, 0.05) is 14.5 Å². The number of benzene rings is 1. The van der Waals surface area contributed by atoms with Gasteiger partial charge in [0.1, 0.15) is 0 Å². The van der Waals surface area contributed by atoms with Gasteiger partial charge < -0.3 is 0 Å². The lowest BCUT2D eigenvalue weighted by atomic mass is 10.2. The van der Waals surface area contributed by atoms with E-state index >= 15 is 0 Å². The fraction of sp³-hybridized carbons (Fsp3) is 0.125. The third-order valence-electron chi connectivity index (χ3n) is 1.36. The molecular formula is C8H6BrCl2. The summed E-state index contributed by atoms with van der Waals surface area (Å²) in [4.78, 5) is 0. The van der Waals surface area contributed by atoms with Gasteiger partial charge in [-0.15, -0.1) is 0 Å². The van der Waals surface area contributed by atoms with Crippen LogP contribution in [0.15, 0.2) is 16.6 Å². The van der Waals surface area contributed by atoms with Crippen LogP contribution in [0.1, 0.15) is 5.56 Å². The van der Waals surface area contributed by atoms with Gasteiger partial charge in [-0.05, 0) is 31.0 Å². The highest BCUT2D eigenvalue weighted by Gasteiger charge is 2.03. The van der Waals surface area contributed by atoms with Crippen molar-refractivity contribution in [3.63, 3.8) is 0 Å². The molecule has 59 valence electrons. The maximum Gasteiger partial charge on any atom is 0.0464 e. The van der Waals surface area contributed by atoms with Crippen LogP contribution in [-0.4, -0.2) is 0 Å². The van der Waals surface area contributed by atoms with Gasteiger partial charge >= 0.3 is 0 Å². The first-order valence-corrected chi connectivity index (χ1v) is 4.62. The van der Waals surface area contributed by atoms with Crippen LogP contribution in [0.2, 0.25) is 10.0 Å². The zero-order valence-corrected chi connectivity index (χ0v) is 8.80. The first-order valence-electron chi connectivity index (χ1n) is 3.08.